The third-order valence-corrected chi connectivity index (χ3v) is 3.66. The molecule has 0 saturated carbocycles. The van der Waals surface area contributed by atoms with Gasteiger partial charge in [-0.05, 0) is 62.0 Å². The second kappa shape index (κ2) is 9.19. The zero-order valence-corrected chi connectivity index (χ0v) is 12.8. The van der Waals surface area contributed by atoms with E-state index in [1.54, 1.807) is 7.11 Å². The summed E-state index contributed by atoms with van der Waals surface area (Å²) < 4.78 is 5.16. The Hall–Kier alpha value is -1.80. The summed E-state index contributed by atoms with van der Waals surface area (Å²) in [5, 5.41) is 3.52. The summed E-state index contributed by atoms with van der Waals surface area (Å²) in [5.41, 5.74) is 2.79. The lowest BCUT2D eigenvalue weighted by Gasteiger charge is -2.06. The van der Waals surface area contributed by atoms with E-state index in [9.17, 15) is 0 Å². The summed E-state index contributed by atoms with van der Waals surface area (Å²) in [6.07, 6.45) is 4.74. The Kier molecular flexibility index (Phi) is 6.82. The molecule has 0 spiro atoms. The van der Waals surface area contributed by atoms with E-state index >= 15 is 0 Å². The van der Waals surface area contributed by atoms with Gasteiger partial charge in [0.2, 0.25) is 0 Å². The van der Waals surface area contributed by atoms with E-state index in [1.165, 1.54) is 30.4 Å². The molecule has 2 heteroatoms. The van der Waals surface area contributed by atoms with Gasteiger partial charge >= 0.3 is 0 Å². The molecule has 2 nitrogen and oxygen atoms in total. The van der Waals surface area contributed by atoms with Crippen molar-refractivity contribution in [2.75, 3.05) is 20.2 Å². The van der Waals surface area contributed by atoms with Gasteiger partial charge in [-0.15, -0.1) is 0 Å². The van der Waals surface area contributed by atoms with Crippen LogP contribution in [-0.4, -0.2) is 20.2 Å². The van der Waals surface area contributed by atoms with Crippen LogP contribution in [0.25, 0.3) is 0 Å². The number of aryl methyl sites for hydroxylation is 1. The molecule has 0 saturated heterocycles. The Morgan fingerprint density at radius 1 is 0.762 bits per heavy atom. The quantitative estimate of drug-likeness (QED) is 0.706. The molecule has 0 aromatic heterocycles. The van der Waals surface area contributed by atoms with Gasteiger partial charge in [0.15, 0.2) is 0 Å². The van der Waals surface area contributed by atoms with Crippen molar-refractivity contribution in [1.29, 1.82) is 0 Å². The molecular formula is C19H25NO. The minimum Gasteiger partial charge on any atom is -0.497 e. The molecule has 0 fully saturated rings. The predicted octanol–water partition coefficient (Wildman–Crippen LogP) is 3.85. The normalized spacial score (nSPS) is 10.5. The summed E-state index contributed by atoms with van der Waals surface area (Å²) in [7, 11) is 1.70. The first-order valence-corrected chi connectivity index (χ1v) is 7.76. The first-order chi connectivity index (χ1) is 10.4. The number of rotatable bonds is 9. The summed E-state index contributed by atoms with van der Waals surface area (Å²) in [5.74, 6) is 0.924. The summed E-state index contributed by atoms with van der Waals surface area (Å²) >= 11 is 0. The van der Waals surface area contributed by atoms with Crippen LogP contribution in [0.2, 0.25) is 0 Å². The monoisotopic (exact) mass is 283 g/mol. The minimum atomic E-state index is 0.924. The Morgan fingerprint density at radius 2 is 1.48 bits per heavy atom. The topological polar surface area (TPSA) is 21.3 Å². The molecular weight excluding hydrogens is 258 g/mol. The van der Waals surface area contributed by atoms with E-state index in [2.05, 4.69) is 47.8 Å². The zero-order valence-electron chi connectivity index (χ0n) is 12.8. The maximum absolute atomic E-state index is 5.16. The van der Waals surface area contributed by atoms with E-state index < -0.39 is 0 Å². The van der Waals surface area contributed by atoms with Crippen LogP contribution in [0, 0.1) is 0 Å². The SMILES string of the molecule is COc1ccc(CCNCCCCc2ccccc2)cc1. The van der Waals surface area contributed by atoms with Crippen LogP contribution in [0.3, 0.4) is 0 Å². The second-order valence-electron chi connectivity index (χ2n) is 5.29. The standard InChI is InChI=1S/C19H25NO/c1-21-19-12-10-18(11-13-19)14-16-20-15-6-5-9-17-7-3-2-4-8-17/h2-4,7-8,10-13,20H,5-6,9,14-16H2,1H3. The number of unbranched alkanes of at least 4 members (excludes halogenated alkanes) is 1. The fourth-order valence-corrected chi connectivity index (χ4v) is 2.37. The van der Waals surface area contributed by atoms with Gasteiger partial charge in [0, 0.05) is 0 Å². The van der Waals surface area contributed by atoms with Gasteiger partial charge in [-0.25, -0.2) is 0 Å². The fourth-order valence-electron chi connectivity index (χ4n) is 2.37. The maximum atomic E-state index is 5.16. The summed E-state index contributed by atoms with van der Waals surface area (Å²) in [6, 6.07) is 19.0. The molecule has 0 aliphatic heterocycles. The predicted molar refractivity (Wildman–Crippen MR) is 88.9 cm³/mol. The number of hydrogen-bond donors (Lipinski definition) is 1. The average Bonchev–Trinajstić information content (AvgIpc) is 2.55. The molecule has 0 bridgehead atoms. The van der Waals surface area contributed by atoms with Gasteiger partial charge in [0.05, 0.1) is 7.11 Å². The number of hydrogen-bond acceptors (Lipinski definition) is 2. The van der Waals surface area contributed by atoms with E-state index in [1.807, 2.05) is 12.1 Å². The fraction of sp³-hybridized carbons (Fsp3) is 0.368. The third-order valence-electron chi connectivity index (χ3n) is 3.66. The van der Waals surface area contributed by atoms with E-state index in [-0.39, 0.29) is 0 Å². The van der Waals surface area contributed by atoms with E-state index in [4.69, 9.17) is 4.74 Å². The molecule has 0 radical (unpaired) electrons. The highest BCUT2D eigenvalue weighted by Crippen LogP contribution is 2.11. The molecule has 0 aliphatic carbocycles. The lowest BCUT2D eigenvalue weighted by Crippen LogP contribution is -2.18. The van der Waals surface area contributed by atoms with Gasteiger partial charge in [-0.3, -0.25) is 0 Å². The molecule has 0 atom stereocenters. The van der Waals surface area contributed by atoms with Crippen LogP contribution in [-0.2, 0) is 12.8 Å². The number of methoxy groups -OCH3 is 1. The van der Waals surface area contributed by atoms with Crippen LogP contribution in [0.15, 0.2) is 54.6 Å². The van der Waals surface area contributed by atoms with Crippen LogP contribution >= 0.6 is 0 Å². The van der Waals surface area contributed by atoms with Crippen molar-refractivity contribution >= 4 is 0 Å². The van der Waals surface area contributed by atoms with Crippen LogP contribution in [0.4, 0.5) is 0 Å². The maximum Gasteiger partial charge on any atom is 0.118 e. The van der Waals surface area contributed by atoms with Crippen molar-refractivity contribution in [3.63, 3.8) is 0 Å². The van der Waals surface area contributed by atoms with Crippen molar-refractivity contribution in [2.24, 2.45) is 0 Å². The lowest BCUT2D eigenvalue weighted by atomic mass is 10.1. The first-order valence-electron chi connectivity index (χ1n) is 7.76. The Bertz CT molecular complexity index is 493. The smallest absolute Gasteiger partial charge is 0.118 e. The molecule has 2 aromatic carbocycles. The summed E-state index contributed by atoms with van der Waals surface area (Å²) in [4.78, 5) is 0. The van der Waals surface area contributed by atoms with Gasteiger partial charge in [-0.2, -0.15) is 0 Å². The Morgan fingerprint density at radius 3 is 2.19 bits per heavy atom. The van der Waals surface area contributed by atoms with Crippen LogP contribution in [0.5, 0.6) is 5.75 Å². The molecule has 2 rings (SSSR count). The van der Waals surface area contributed by atoms with Crippen LogP contribution < -0.4 is 10.1 Å². The van der Waals surface area contributed by atoms with Crippen molar-refractivity contribution in [1.82, 2.24) is 5.32 Å². The summed E-state index contributed by atoms with van der Waals surface area (Å²) in [6.45, 7) is 2.14. The number of ether oxygens (including phenoxy) is 1. The molecule has 0 unspecified atom stereocenters. The van der Waals surface area contributed by atoms with Crippen LogP contribution in [0.1, 0.15) is 24.0 Å². The number of nitrogens with one attached hydrogen (secondary N) is 1. The third kappa shape index (κ3) is 6.01. The molecule has 21 heavy (non-hydrogen) atoms. The van der Waals surface area contributed by atoms with Crippen molar-refractivity contribution in [3.8, 4) is 5.75 Å². The van der Waals surface area contributed by atoms with Crippen molar-refractivity contribution < 1.29 is 4.74 Å². The van der Waals surface area contributed by atoms with E-state index in [0.717, 1.165) is 25.3 Å². The highest BCUT2D eigenvalue weighted by Gasteiger charge is 1.95. The van der Waals surface area contributed by atoms with Gasteiger partial charge in [0.25, 0.3) is 0 Å². The first kappa shape index (κ1) is 15.6. The van der Waals surface area contributed by atoms with Gasteiger partial charge < -0.3 is 10.1 Å². The lowest BCUT2D eigenvalue weighted by molar-refractivity contribution is 0.414. The van der Waals surface area contributed by atoms with E-state index in [0.29, 0.717) is 0 Å². The largest absolute Gasteiger partial charge is 0.497 e. The van der Waals surface area contributed by atoms with Crippen molar-refractivity contribution in [2.45, 2.75) is 25.7 Å². The molecule has 0 amide bonds. The average molecular weight is 283 g/mol. The minimum absolute atomic E-state index is 0.924. The highest BCUT2D eigenvalue weighted by molar-refractivity contribution is 5.27. The van der Waals surface area contributed by atoms with Crippen molar-refractivity contribution in [3.05, 3.63) is 65.7 Å². The molecule has 0 aliphatic rings. The highest BCUT2D eigenvalue weighted by atomic mass is 16.5. The molecule has 0 heterocycles. The molecule has 1 N–H and O–H groups in total. The molecule has 112 valence electrons. The van der Waals surface area contributed by atoms with Gasteiger partial charge in [0.1, 0.15) is 5.75 Å². The number of benzene rings is 2. The van der Waals surface area contributed by atoms with Gasteiger partial charge in [-0.1, -0.05) is 42.5 Å². The Balaban J connectivity index is 1.51. The second-order valence-corrected chi connectivity index (χ2v) is 5.29. The Labute approximate surface area is 128 Å². The molecule has 2 aromatic rings. The zero-order chi connectivity index (χ0) is 14.8.